The molecule has 2 aromatic rings. The van der Waals surface area contributed by atoms with Crippen LogP contribution in [0.3, 0.4) is 0 Å². The second-order valence-electron chi connectivity index (χ2n) is 5.66. The summed E-state index contributed by atoms with van der Waals surface area (Å²) in [5.74, 6) is -1.31. The number of nitro groups is 1. The zero-order valence-electron chi connectivity index (χ0n) is 13.3. The van der Waals surface area contributed by atoms with E-state index in [9.17, 15) is 19.7 Å². The molecule has 1 aromatic carbocycles. The van der Waals surface area contributed by atoms with Crippen LogP contribution in [0, 0.1) is 17.0 Å². The zero-order chi connectivity index (χ0) is 18.1. The van der Waals surface area contributed by atoms with Crippen molar-refractivity contribution < 1.29 is 14.5 Å². The Kier molecular flexibility index (Phi) is 4.31. The molecule has 1 aromatic heterocycles. The molecule has 126 valence electrons. The van der Waals surface area contributed by atoms with Crippen LogP contribution in [-0.2, 0) is 4.79 Å². The summed E-state index contributed by atoms with van der Waals surface area (Å²) < 4.78 is 1.30. The third-order valence-electron chi connectivity index (χ3n) is 3.44. The minimum atomic E-state index is -1.25. The van der Waals surface area contributed by atoms with E-state index in [2.05, 4.69) is 15.6 Å². The SMILES string of the molecule is Cc1c(C(=O)NC(C)(C)C(N)=O)nnn1-c1cccc([N+](=O)[O-])c1. The lowest BCUT2D eigenvalue weighted by molar-refractivity contribution is -0.384. The second-order valence-corrected chi connectivity index (χ2v) is 5.66. The van der Waals surface area contributed by atoms with E-state index in [4.69, 9.17) is 5.73 Å². The van der Waals surface area contributed by atoms with Crippen LogP contribution in [0.4, 0.5) is 5.69 Å². The number of primary amides is 1. The number of hydrogen-bond acceptors (Lipinski definition) is 6. The molecule has 0 bridgehead atoms. The normalized spacial score (nSPS) is 11.1. The molecule has 10 heteroatoms. The predicted octanol–water partition coefficient (Wildman–Crippen LogP) is 0.478. The van der Waals surface area contributed by atoms with E-state index >= 15 is 0 Å². The van der Waals surface area contributed by atoms with Crippen LogP contribution in [0.15, 0.2) is 24.3 Å². The maximum atomic E-state index is 12.3. The van der Waals surface area contributed by atoms with Gasteiger partial charge in [-0.3, -0.25) is 19.7 Å². The van der Waals surface area contributed by atoms with E-state index in [1.165, 1.54) is 36.7 Å². The number of carbonyl (C=O) groups is 2. The van der Waals surface area contributed by atoms with Crippen molar-refractivity contribution in [2.45, 2.75) is 26.3 Å². The molecule has 0 saturated heterocycles. The van der Waals surface area contributed by atoms with E-state index in [1.807, 2.05) is 0 Å². The van der Waals surface area contributed by atoms with Crippen molar-refractivity contribution in [3.63, 3.8) is 0 Å². The molecule has 0 radical (unpaired) electrons. The third-order valence-corrected chi connectivity index (χ3v) is 3.44. The molecule has 0 fully saturated rings. The van der Waals surface area contributed by atoms with Gasteiger partial charge in [-0.1, -0.05) is 11.3 Å². The van der Waals surface area contributed by atoms with Crippen molar-refractivity contribution in [2.75, 3.05) is 0 Å². The monoisotopic (exact) mass is 332 g/mol. The number of nitro benzene ring substituents is 1. The number of non-ortho nitro benzene ring substituents is 1. The van der Waals surface area contributed by atoms with Crippen LogP contribution in [0.25, 0.3) is 5.69 Å². The first kappa shape index (κ1) is 17.1. The molecule has 0 aliphatic heterocycles. The summed E-state index contributed by atoms with van der Waals surface area (Å²) in [6.07, 6.45) is 0. The molecule has 24 heavy (non-hydrogen) atoms. The Labute approximate surface area is 136 Å². The van der Waals surface area contributed by atoms with Gasteiger partial charge in [0.25, 0.3) is 11.6 Å². The summed E-state index contributed by atoms with van der Waals surface area (Å²) in [5.41, 5.74) is 4.61. The lowest BCUT2D eigenvalue weighted by atomic mass is 10.0. The van der Waals surface area contributed by atoms with Gasteiger partial charge in [-0.25, -0.2) is 4.68 Å². The van der Waals surface area contributed by atoms with E-state index < -0.39 is 22.3 Å². The van der Waals surface area contributed by atoms with E-state index in [1.54, 1.807) is 13.0 Å². The minimum Gasteiger partial charge on any atom is -0.368 e. The highest BCUT2D eigenvalue weighted by Crippen LogP contribution is 2.18. The number of carbonyl (C=O) groups excluding carboxylic acids is 2. The summed E-state index contributed by atoms with van der Waals surface area (Å²) >= 11 is 0. The molecule has 3 N–H and O–H groups in total. The summed E-state index contributed by atoms with van der Waals surface area (Å²) in [4.78, 5) is 33.9. The van der Waals surface area contributed by atoms with Crippen molar-refractivity contribution in [1.82, 2.24) is 20.3 Å². The van der Waals surface area contributed by atoms with Crippen LogP contribution >= 0.6 is 0 Å². The molecule has 2 amide bonds. The lowest BCUT2D eigenvalue weighted by Crippen LogP contribution is -2.53. The number of nitrogens with one attached hydrogen (secondary N) is 1. The van der Waals surface area contributed by atoms with Crippen LogP contribution < -0.4 is 11.1 Å². The first-order valence-electron chi connectivity index (χ1n) is 6.93. The Bertz CT molecular complexity index is 826. The zero-order valence-corrected chi connectivity index (χ0v) is 13.3. The number of aromatic nitrogens is 3. The lowest BCUT2D eigenvalue weighted by Gasteiger charge is -2.21. The summed E-state index contributed by atoms with van der Waals surface area (Å²) in [7, 11) is 0. The molecule has 10 nitrogen and oxygen atoms in total. The topological polar surface area (TPSA) is 146 Å². The smallest absolute Gasteiger partial charge is 0.274 e. The van der Waals surface area contributed by atoms with Gasteiger partial charge >= 0.3 is 0 Å². The van der Waals surface area contributed by atoms with Gasteiger partial charge in [-0.2, -0.15) is 0 Å². The number of nitrogens with zero attached hydrogens (tertiary/aromatic N) is 4. The highest BCUT2D eigenvalue weighted by atomic mass is 16.6. The fourth-order valence-electron chi connectivity index (χ4n) is 1.93. The third kappa shape index (κ3) is 3.21. The maximum Gasteiger partial charge on any atom is 0.274 e. The maximum absolute atomic E-state index is 12.3. The number of benzene rings is 1. The number of amides is 2. The fourth-order valence-corrected chi connectivity index (χ4v) is 1.93. The molecule has 0 spiro atoms. The Morgan fingerprint density at radius 1 is 1.38 bits per heavy atom. The van der Waals surface area contributed by atoms with Crippen LogP contribution in [0.2, 0.25) is 0 Å². The first-order valence-corrected chi connectivity index (χ1v) is 6.93. The summed E-state index contributed by atoms with van der Waals surface area (Å²) in [6.45, 7) is 4.52. The Hall–Kier alpha value is -3.30. The van der Waals surface area contributed by atoms with E-state index in [0.29, 0.717) is 11.4 Å². The van der Waals surface area contributed by atoms with Crippen molar-refractivity contribution in [3.05, 3.63) is 45.8 Å². The van der Waals surface area contributed by atoms with E-state index in [0.717, 1.165) is 0 Å². The number of nitrogens with two attached hydrogens (primary N) is 1. The molecule has 0 saturated carbocycles. The average Bonchev–Trinajstić information content (AvgIpc) is 2.88. The number of rotatable bonds is 5. The summed E-state index contributed by atoms with van der Waals surface area (Å²) in [6, 6.07) is 5.77. The quantitative estimate of drug-likeness (QED) is 0.601. The molecule has 0 unspecified atom stereocenters. The van der Waals surface area contributed by atoms with Crippen LogP contribution in [0.1, 0.15) is 30.0 Å². The number of hydrogen-bond donors (Lipinski definition) is 2. The standard InChI is InChI=1S/C14H16N6O4/c1-8-11(12(21)16-14(2,3)13(15)22)17-18-19(8)9-5-4-6-10(7-9)20(23)24/h4-7H,1-3H3,(H2,15,22)(H,16,21). The Morgan fingerprint density at radius 3 is 2.62 bits per heavy atom. The average molecular weight is 332 g/mol. The van der Waals surface area contributed by atoms with Gasteiger partial charge in [-0.15, -0.1) is 5.10 Å². The highest BCUT2D eigenvalue weighted by molar-refractivity contribution is 5.97. The fraction of sp³-hybridized carbons (Fsp3) is 0.286. The molecule has 0 aliphatic carbocycles. The van der Waals surface area contributed by atoms with Gasteiger partial charge in [-0.05, 0) is 26.8 Å². The molecule has 2 rings (SSSR count). The van der Waals surface area contributed by atoms with Crippen LogP contribution in [-0.4, -0.2) is 37.3 Å². The van der Waals surface area contributed by atoms with Crippen molar-refractivity contribution in [2.24, 2.45) is 5.73 Å². The van der Waals surface area contributed by atoms with Gasteiger partial charge in [0, 0.05) is 12.1 Å². The second kappa shape index (κ2) is 6.07. The van der Waals surface area contributed by atoms with Crippen molar-refractivity contribution >= 4 is 17.5 Å². The predicted molar refractivity (Wildman–Crippen MR) is 83.5 cm³/mol. The molecule has 0 aliphatic rings. The van der Waals surface area contributed by atoms with Crippen molar-refractivity contribution in [3.8, 4) is 5.69 Å². The largest absolute Gasteiger partial charge is 0.368 e. The van der Waals surface area contributed by atoms with Gasteiger partial charge in [0.1, 0.15) is 5.54 Å². The Morgan fingerprint density at radius 2 is 2.04 bits per heavy atom. The minimum absolute atomic E-state index is 0.00386. The first-order chi connectivity index (χ1) is 11.1. The molecular weight excluding hydrogens is 316 g/mol. The molecule has 1 heterocycles. The van der Waals surface area contributed by atoms with Gasteiger partial charge in [0.05, 0.1) is 16.3 Å². The highest BCUT2D eigenvalue weighted by Gasteiger charge is 2.29. The van der Waals surface area contributed by atoms with E-state index in [-0.39, 0.29) is 11.4 Å². The molecule has 0 atom stereocenters. The van der Waals surface area contributed by atoms with Gasteiger partial charge in [0.15, 0.2) is 5.69 Å². The Balaban J connectivity index is 2.35. The van der Waals surface area contributed by atoms with Crippen LogP contribution in [0.5, 0.6) is 0 Å². The van der Waals surface area contributed by atoms with Crippen molar-refractivity contribution in [1.29, 1.82) is 0 Å². The van der Waals surface area contributed by atoms with Gasteiger partial charge < -0.3 is 11.1 Å². The van der Waals surface area contributed by atoms with Gasteiger partial charge in [0.2, 0.25) is 5.91 Å². The summed E-state index contributed by atoms with van der Waals surface area (Å²) in [5, 5.41) is 21.0. The molecular formula is C14H16N6O4.